The van der Waals surface area contributed by atoms with Gasteiger partial charge in [0.1, 0.15) is 0 Å². The van der Waals surface area contributed by atoms with Crippen LogP contribution in [0.2, 0.25) is 0 Å². The lowest BCUT2D eigenvalue weighted by Crippen LogP contribution is -2.24. The molecule has 0 saturated carbocycles. The zero-order valence-corrected chi connectivity index (χ0v) is 25.4. The number of unbranched alkanes of at least 4 members (excludes halogenated alkanes) is 22. The number of hydrogen-bond donors (Lipinski definition) is 0. The van der Waals surface area contributed by atoms with Gasteiger partial charge in [0.05, 0.1) is 0 Å². The molecule has 0 amide bonds. The van der Waals surface area contributed by atoms with Crippen LogP contribution in [0.15, 0.2) is 0 Å². The van der Waals surface area contributed by atoms with Crippen LogP contribution in [0.5, 0.6) is 0 Å². The summed E-state index contributed by atoms with van der Waals surface area (Å²) in [4.78, 5) is 0. The van der Waals surface area contributed by atoms with Crippen LogP contribution < -0.4 is 0 Å². The highest BCUT2D eigenvalue weighted by Crippen LogP contribution is 2.35. The van der Waals surface area contributed by atoms with E-state index in [1.165, 1.54) is 167 Å². The molecule has 0 aromatic carbocycles. The molecule has 0 fully saturated rings. The molecule has 0 heterocycles. The van der Waals surface area contributed by atoms with Gasteiger partial charge in [0.25, 0.3) is 0 Å². The summed E-state index contributed by atoms with van der Waals surface area (Å²) in [6.07, 6.45) is 37.7. The van der Waals surface area contributed by atoms with E-state index in [-0.39, 0.29) is 0 Å². The molecule has 33 heavy (non-hydrogen) atoms. The van der Waals surface area contributed by atoms with E-state index in [2.05, 4.69) is 43.6 Å². The fraction of sp³-hybridized carbons (Fsp3) is 1.00. The van der Waals surface area contributed by atoms with Gasteiger partial charge in [-0.25, -0.2) is 0 Å². The summed E-state index contributed by atoms with van der Waals surface area (Å²) in [5.74, 6) is 0.851. The first kappa shape index (κ1) is 33.5. The summed E-state index contributed by atoms with van der Waals surface area (Å²) < 4.78 is 0.308. The topological polar surface area (TPSA) is 0 Å². The highest BCUT2D eigenvalue weighted by atomic mass is 79.9. The van der Waals surface area contributed by atoms with Crippen molar-refractivity contribution < 1.29 is 0 Å². The second-order valence-electron chi connectivity index (χ2n) is 11.6. The fourth-order valence-corrected chi connectivity index (χ4v) is 5.75. The highest BCUT2D eigenvalue weighted by molar-refractivity contribution is 9.10. The molecule has 0 aliphatic rings. The standard InChI is InChI=1S/C32H65Br/c1-5-7-9-11-13-15-17-19-21-23-25-27-29-31(32(3,4)33)30-28-26-24-22-20-18-16-14-12-10-8-6-2/h31H,5-30H2,1-4H3. The summed E-state index contributed by atoms with van der Waals surface area (Å²) in [7, 11) is 0. The van der Waals surface area contributed by atoms with E-state index in [0.29, 0.717) is 4.32 Å². The number of halogens is 1. The summed E-state index contributed by atoms with van der Waals surface area (Å²) in [5, 5.41) is 0. The maximum atomic E-state index is 4.01. The van der Waals surface area contributed by atoms with Crippen LogP contribution in [0.3, 0.4) is 0 Å². The SMILES string of the molecule is CCCCCCCCCCCCCCC(CCCCCCCCCCCCCC)C(C)(C)Br. The first-order chi connectivity index (χ1) is 16.0. The molecule has 0 aromatic rings. The molecular formula is C32H65Br. The van der Waals surface area contributed by atoms with Crippen LogP contribution in [0, 0.1) is 5.92 Å². The summed E-state index contributed by atoms with van der Waals surface area (Å²) >= 11 is 4.01. The molecule has 0 N–H and O–H groups in total. The Balaban J connectivity index is 3.56. The van der Waals surface area contributed by atoms with E-state index in [1.54, 1.807) is 0 Å². The third-order valence-corrected chi connectivity index (χ3v) is 8.43. The molecule has 0 atom stereocenters. The van der Waals surface area contributed by atoms with Crippen molar-refractivity contribution in [2.24, 2.45) is 5.92 Å². The molecule has 0 nitrogen and oxygen atoms in total. The van der Waals surface area contributed by atoms with Crippen LogP contribution in [-0.4, -0.2) is 4.32 Å². The average Bonchev–Trinajstić information content (AvgIpc) is 2.78. The van der Waals surface area contributed by atoms with Crippen LogP contribution >= 0.6 is 15.9 Å². The summed E-state index contributed by atoms with van der Waals surface area (Å²) in [6.45, 7) is 9.41. The Kier molecular flexibility index (Phi) is 25.9. The maximum Gasteiger partial charge on any atom is 0.0229 e. The Labute approximate surface area is 220 Å². The van der Waals surface area contributed by atoms with E-state index < -0.39 is 0 Å². The molecule has 0 unspecified atom stereocenters. The molecular weight excluding hydrogens is 464 g/mol. The van der Waals surface area contributed by atoms with Crippen LogP contribution in [0.25, 0.3) is 0 Å². The van der Waals surface area contributed by atoms with Crippen LogP contribution in [-0.2, 0) is 0 Å². The van der Waals surface area contributed by atoms with Crippen molar-refractivity contribution >= 4 is 15.9 Å². The quantitative estimate of drug-likeness (QED) is 0.0733. The van der Waals surface area contributed by atoms with Crippen molar-refractivity contribution in [1.82, 2.24) is 0 Å². The van der Waals surface area contributed by atoms with E-state index in [9.17, 15) is 0 Å². The largest absolute Gasteiger partial charge is 0.0856 e. The second-order valence-corrected chi connectivity index (χ2v) is 13.7. The lowest BCUT2D eigenvalue weighted by Gasteiger charge is -2.29. The monoisotopic (exact) mass is 528 g/mol. The number of hydrogen-bond acceptors (Lipinski definition) is 0. The van der Waals surface area contributed by atoms with Crippen molar-refractivity contribution in [2.75, 3.05) is 0 Å². The van der Waals surface area contributed by atoms with E-state index >= 15 is 0 Å². The first-order valence-electron chi connectivity index (χ1n) is 15.7. The third kappa shape index (κ3) is 25.4. The minimum atomic E-state index is 0.308. The van der Waals surface area contributed by atoms with Gasteiger partial charge in [0.15, 0.2) is 0 Å². The van der Waals surface area contributed by atoms with E-state index in [1.807, 2.05) is 0 Å². The van der Waals surface area contributed by atoms with Crippen molar-refractivity contribution in [3.05, 3.63) is 0 Å². The van der Waals surface area contributed by atoms with Gasteiger partial charge in [0.2, 0.25) is 0 Å². The van der Waals surface area contributed by atoms with Gasteiger partial charge in [-0.05, 0) is 32.6 Å². The molecule has 0 aliphatic heterocycles. The van der Waals surface area contributed by atoms with Gasteiger partial charge in [-0.1, -0.05) is 184 Å². The molecule has 0 spiro atoms. The van der Waals surface area contributed by atoms with Gasteiger partial charge in [-0.3, -0.25) is 0 Å². The van der Waals surface area contributed by atoms with Gasteiger partial charge < -0.3 is 0 Å². The molecule has 200 valence electrons. The van der Waals surface area contributed by atoms with Crippen molar-refractivity contribution in [3.63, 3.8) is 0 Å². The predicted octanol–water partition coefficient (Wildman–Crippen LogP) is 13.0. The Bertz CT molecular complexity index is 328. The predicted molar refractivity (Wildman–Crippen MR) is 158 cm³/mol. The lowest BCUT2D eigenvalue weighted by atomic mass is 9.85. The summed E-state index contributed by atoms with van der Waals surface area (Å²) in [5.41, 5.74) is 0. The molecule has 1 heteroatoms. The van der Waals surface area contributed by atoms with Gasteiger partial charge >= 0.3 is 0 Å². The Morgan fingerprint density at radius 2 is 0.606 bits per heavy atom. The molecule has 0 bridgehead atoms. The normalized spacial score (nSPS) is 12.2. The minimum absolute atomic E-state index is 0.308. The Morgan fingerprint density at radius 3 is 0.818 bits per heavy atom. The minimum Gasteiger partial charge on any atom is -0.0856 e. The molecule has 0 rings (SSSR count). The Hall–Kier alpha value is 0.480. The smallest absolute Gasteiger partial charge is 0.0229 e. The number of rotatable bonds is 27. The van der Waals surface area contributed by atoms with Gasteiger partial charge in [0, 0.05) is 4.32 Å². The molecule has 0 saturated heterocycles. The van der Waals surface area contributed by atoms with Crippen LogP contribution in [0.1, 0.15) is 195 Å². The van der Waals surface area contributed by atoms with Crippen molar-refractivity contribution in [1.29, 1.82) is 0 Å². The first-order valence-corrected chi connectivity index (χ1v) is 16.5. The zero-order chi connectivity index (χ0) is 24.5. The van der Waals surface area contributed by atoms with Crippen molar-refractivity contribution in [2.45, 2.75) is 199 Å². The molecule has 0 aliphatic carbocycles. The molecule has 0 radical (unpaired) electrons. The van der Waals surface area contributed by atoms with Crippen molar-refractivity contribution in [3.8, 4) is 0 Å². The lowest BCUT2D eigenvalue weighted by molar-refractivity contribution is 0.345. The summed E-state index contributed by atoms with van der Waals surface area (Å²) in [6, 6.07) is 0. The average molecular weight is 530 g/mol. The fourth-order valence-electron chi connectivity index (χ4n) is 5.29. The van der Waals surface area contributed by atoms with Gasteiger partial charge in [-0.2, -0.15) is 0 Å². The van der Waals surface area contributed by atoms with Crippen LogP contribution in [0.4, 0.5) is 0 Å². The van der Waals surface area contributed by atoms with Gasteiger partial charge in [-0.15, -0.1) is 0 Å². The van der Waals surface area contributed by atoms with E-state index in [4.69, 9.17) is 0 Å². The third-order valence-electron chi connectivity index (χ3n) is 7.78. The highest BCUT2D eigenvalue weighted by Gasteiger charge is 2.25. The second kappa shape index (κ2) is 25.6. The van der Waals surface area contributed by atoms with E-state index in [0.717, 1.165) is 5.92 Å². The zero-order valence-electron chi connectivity index (χ0n) is 23.8. The number of alkyl halides is 1. The molecule has 0 aromatic heterocycles. The maximum absolute atomic E-state index is 4.01. The Morgan fingerprint density at radius 1 is 0.394 bits per heavy atom.